The average Bonchev–Trinajstić information content (AvgIpc) is 2.77. The lowest BCUT2D eigenvalue weighted by Crippen LogP contribution is -2.76. The molecule has 0 aliphatic carbocycles. The zero-order chi connectivity index (χ0) is 25.6. The van der Waals surface area contributed by atoms with Gasteiger partial charge in [0.25, 0.3) is 0 Å². The Morgan fingerprint density at radius 1 is 0.912 bits per heavy atom. The van der Waals surface area contributed by atoms with Crippen molar-refractivity contribution in [3.63, 3.8) is 0 Å². The molecule has 0 aliphatic heterocycles. The second kappa shape index (κ2) is 15.0. The minimum atomic E-state index is -4.94. The van der Waals surface area contributed by atoms with Gasteiger partial charge in [0.1, 0.15) is 0 Å². The van der Waals surface area contributed by atoms with Crippen LogP contribution in [0.2, 0.25) is 0 Å². The van der Waals surface area contributed by atoms with E-state index in [4.69, 9.17) is 30.1 Å². The molecule has 7 N–H and O–H groups in total. The molecular weight excluding hydrogens is 466 g/mol. The molecule has 34 heavy (non-hydrogen) atoms. The van der Waals surface area contributed by atoms with Gasteiger partial charge in [-0.05, 0) is 31.4 Å². The zero-order valence-electron chi connectivity index (χ0n) is 19.7. The first-order valence-electron chi connectivity index (χ1n) is 10.9. The highest BCUT2D eigenvalue weighted by Crippen LogP contribution is 2.15. The number of guanidine groups is 1. The van der Waals surface area contributed by atoms with Crippen molar-refractivity contribution in [2.24, 2.45) is 11.5 Å². The van der Waals surface area contributed by atoms with Gasteiger partial charge in [-0.15, -0.1) is 10.2 Å². The van der Waals surface area contributed by atoms with Crippen molar-refractivity contribution in [3.05, 3.63) is 35.4 Å². The van der Waals surface area contributed by atoms with Crippen LogP contribution < -0.4 is 50.6 Å². The van der Waals surface area contributed by atoms with E-state index in [0.717, 1.165) is 43.6 Å². The van der Waals surface area contributed by atoms with Gasteiger partial charge in [-0.2, -0.15) is 15.0 Å². The zero-order valence-corrected chi connectivity index (χ0v) is 20.5. The van der Waals surface area contributed by atoms with E-state index in [1.165, 1.54) is 0 Å². The van der Waals surface area contributed by atoms with Gasteiger partial charge in [-0.25, -0.2) is 18.6 Å². The van der Waals surface area contributed by atoms with E-state index in [-0.39, 0.29) is 5.96 Å². The molecule has 0 saturated heterocycles. The number of nitrogens with zero attached hydrogens (tertiary/aromatic N) is 4. The summed E-state index contributed by atoms with van der Waals surface area (Å²) in [7, 11) is -4.94. The Bertz CT molecular complexity index is 865. The summed E-state index contributed by atoms with van der Waals surface area (Å²) < 4.78 is 34.0. The molecular formula is C20H34ClN9O4. The van der Waals surface area contributed by atoms with E-state index in [1.807, 2.05) is 12.1 Å². The van der Waals surface area contributed by atoms with E-state index in [2.05, 4.69) is 68.4 Å². The first-order valence-corrected chi connectivity index (χ1v) is 12.1. The van der Waals surface area contributed by atoms with Crippen molar-refractivity contribution >= 4 is 23.8 Å². The molecule has 0 amide bonds. The maximum Gasteiger partial charge on any atom is 0.339 e. The van der Waals surface area contributed by atoms with E-state index in [1.54, 1.807) is 0 Å². The summed E-state index contributed by atoms with van der Waals surface area (Å²) in [5.41, 5.74) is 13.1. The van der Waals surface area contributed by atoms with Gasteiger partial charge in [0.15, 0.2) is 0 Å². The Morgan fingerprint density at radius 3 is 1.94 bits per heavy atom. The van der Waals surface area contributed by atoms with Crippen molar-refractivity contribution < 1.29 is 33.9 Å². The van der Waals surface area contributed by atoms with Crippen LogP contribution in [0, 0.1) is 10.2 Å². The molecule has 0 radical (unpaired) electrons. The van der Waals surface area contributed by atoms with Crippen molar-refractivity contribution in [1.29, 1.82) is 0 Å². The fourth-order valence-electron chi connectivity index (χ4n) is 2.71. The Morgan fingerprint density at radius 2 is 1.44 bits per heavy atom. The number of aromatic nitrogens is 3. The molecule has 0 spiro atoms. The molecule has 1 aromatic heterocycles. The number of nitrogens with one attached hydrogen (secondary N) is 3. The summed E-state index contributed by atoms with van der Waals surface area (Å²) >= 11 is 0. The quantitative estimate of drug-likeness (QED) is 0.106. The van der Waals surface area contributed by atoms with Gasteiger partial charge in [-0.3, -0.25) is 16.5 Å². The monoisotopic (exact) mass is 499 g/mol. The van der Waals surface area contributed by atoms with Crippen LogP contribution in [0.5, 0.6) is 0 Å². The topological polar surface area (TPSA) is 224 Å². The van der Waals surface area contributed by atoms with Gasteiger partial charge in [0.2, 0.25) is 17.8 Å². The van der Waals surface area contributed by atoms with Gasteiger partial charge in [0.05, 0.1) is 6.54 Å². The molecule has 0 bridgehead atoms. The fraction of sp³-hybridized carbons (Fsp3) is 0.500. The van der Waals surface area contributed by atoms with Crippen LogP contribution in [0.15, 0.2) is 24.3 Å². The second-order valence-electron chi connectivity index (χ2n) is 7.09. The number of hydrogen-bond donors (Lipinski definition) is 5. The summed E-state index contributed by atoms with van der Waals surface area (Å²) in [6.07, 6.45) is 2.19. The molecule has 0 atom stereocenters. The van der Waals surface area contributed by atoms with Crippen LogP contribution in [-0.2, 0) is 13.1 Å². The Labute approximate surface area is 201 Å². The van der Waals surface area contributed by atoms with Crippen LogP contribution in [-0.4, -0.2) is 40.5 Å². The molecule has 14 heteroatoms. The normalized spacial score (nSPS) is 10.7. The second-order valence-corrected chi connectivity index (χ2v) is 7.85. The van der Waals surface area contributed by atoms with Crippen LogP contribution in [0.1, 0.15) is 44.7 Å². The first-order chi connectivity index (χ1) is 16.0. The number of hydrogen-bond acceptors (Lipinski definition) is 10. The number of rotatable bonds is 12. The predicted molar refractivity (Wildman–Crippen MR) is 119 cm³/mol. The Kier molecular flexibility index (Phi) is 12.8. The standard InChI is InChI=1S/C20H33N9.ClHO4/c1-4-7-12-23-18-26-19(28-20(27-18)29(5-2)6-3)25-14-16-10-8-15(9-11-16)13-24-17(21)22;2-1(3,4)5/h8-11H,4-7,12-14H2,1-3H3,(H4,21,22,24)(H2,23,25,26,27,28);(H,2,3,4,5). The Balaban J connectivity index is 0.00000104. The number of unbranched alkanes of at least 4 members (excludes halogenated alkanes) is 1. The smallest absolute Gasteiger partial charge is 0.339 e. The molecule has 1 heterocycles. The van der Waals surface area contributed by atoms with Crippen LogP contribution in [0.3, 0.4) is 0 Å². The van der Waals surface area contributed by atoms with E-state index in [9.17, 15) is 0 Å². The number of nitrogens with two attached hydrogens (primary N) is 2. The number of halogens is 1. The third-order valence-corrected chi connectivity index (χ3v) is 4.45. The largest absolute Gasteiger partial charge is 0.354 e. The molecule has 0 saturated carbocycles. The van der Waals surface area contributed by atoms with Gasteiger partial charge < -0.3 is 15.5 Å². The lowest BCUT2D eigenvalue weighted by Gasteiger charge is -2.20. The average molecular weight is 500 g/mol. The van der Waals surface area contributed by atoms with Crippen molar-refractivity contribution in [3.8, 4) is 0 Å². The SMILES string of the molecule is CCCCNc1nc(NCc2ccc(C[NH+]=C(N)N)cc2)nc(N(CC)CC)n1.[O-][Cl+3]([O-])([O-])[O-]. The molecule has 2 aromatic rings. The van der Waals surface area contributed by atoms with Crippen LogP contribution in [0.25, 0.3) is 0 Å². The number of anilines is 3. The first kappa shape index (κ1) is 29.1. The summed E-state index contributed by atoms with van der Waals surface area (Å²) in [5.74, 6) is 2.08. The molecule has 2 rings (SSSR count). The molecule has 0 unspecified atom stereocenters. The van der Waals surface area contributed by atoms with Gasteiger partial charge in [-0.1, -0.05) is 37.6 Å². The van der Waals surface area contributed by atoms with E-state index in [0.29, 0.717) is 30.9 Å². The minimum absolute atomic E-state index is 0.220. The third kappa shape index (κ3) is 12.9. The van der Waals surface area contributed by atoms with Gasteiger partial charge >= 0.3 is 5.96 Å². The molecule has 190 valence electrons. The Hall–Kier alpha value is -2.97. The summed E-state index contributed by atoms with van der Waals surface area (Å²) in [5, 5.41) is 6.62. The highest BCUT2D eigenvalue weighted by molar-refractivity contribution is 5.69. The van der Waals surface area contributed by atoms with Gasteiger partial charge in [0, 0.05) is 26.2 Å². The maximum atomic E-state index is 8.49. The maximum absolute atomic E-state index is 8.49. The molecule has 1 aromatic carbocycles. The minimum Gasteiger partial charge on any atom is -0.354 e. The summed E-state index contributed by atoms with van der Waals surface area (Å²) in [4.78, 5) is 18.7. The van der Waals surface area contributed by atoms with E-state index < -0.39 is 10.2 Å². The highest BCUT2D eigenvalue weighted by atomic mass is 35.7. The van der Waals surface area contributed by atoms with Crippen LogP contribution in [0.4, 0.5) is 17.8 Å². The molecule has 0 aliphatic rings. The molecule has 0 fully saturated rings. The lowest BCUT2D eigenvalue weighted by molar-refractivity contribution is -2.00. The highest BCUT2D eigenvalue weighted by Gasteiger charge is 2.11. The summed E-state index contributed by atoms with van der Waals surface area (Å²) in [6, 6.07) is 8.20. The van der Waals surface area contributed by atoms with Crippen LogP contribution >= 0.6 is 0 Å². The number of benzene rings is 1. The van der Waals surface area contributed by atoms with Crippen molar-refractivity contribution in [1.82, 2.24) is 15.0 Å². The van der Waals surface area contributed by atoms with Crippen molar-refractivity contribution in [2.75, 3.05) is 35.2 Å². The molecule has 13 nitrogen and oxygen atoms in total. The lowest BCUT2D eigenvalue weighted by atomic mass is 10.1. The van der Waals surface area contributed by atoms with E-state index >= 15 is 0 Å². The summed E-state index contributed by atoms with van der Waals surface area (Å²) in [6.45, 7) is 10.1. The predicted octanol–water partition coefficient (Wildman–Crippen LogP) is -4.36. The van der Waals surface area contributed by atoms with Crippen molar-refractivity contribution in [2.45, 2.75) is 46.7 Å². The third-order valence-electron chi connectivity index (χ3n) is 4.45. The fourth-order valence-corrected chi connectivity index (χ4v) is 2.71.